The molecule has 1 amide bonds. The lowest BCUT2D eigenvalue weighted by Crippen LogP contribution is -2.30. The minimum absolute atomic E-state index is 0.104. The lowest BCUT2D eigenvalue weighted by molar-refractivity contribution is -0.167. The highest BCUT2D eigenvalue weighted by molar-refractivity contribution is 7.64. The Bertz CT molecular complexity index is 626. The van der Waals surface area contributed by atoms with Gasteiger partial charge in [0.25, 0.3) is 0 Å². The van der Waals surface area contributed by atoms with Crippen molar-refractivity contribution in [3.05, 3.63) is 23.8 Å². The maximum absolute atomic E-state index is 12.9. The van der Waals surface area contributed by atoms with Crippen molar-refractivity contribution in [2.45, 2.75) is 25.9 Å². The Labute approximate surface area is 138 Å². The number of halogens is 3. The quantitative estimate of drug-likeness (QED) is 0.732. The third-order valence-electron chi connectivity index (χ3n) is 3.69. The van der Waals surface area contributed by atoms with Gasteiger partial charge in [-0.3, -0.25) is 4.79 Å². The number of carbonyl (C=O) groups is 1. The van der Waals surface area contributed by atoms with Crippen molar-refractivity contribution in [2.24, 2.45) is 0 Å². The smallest absolute Gasteiger partial charge is 0.471 e. The van der Waals surface area contributed by atoms with E-state index in [1.54, 1.807) is 19.2 Å². The van der Waals surface area contributed by atoms with Crippen LogP contribution in [-0.2, 0) is 14.1 Å². The zero-order chi connectivity index (χ0) is 18.5. The molecule has 0 aromatic heterocycles. The van der Waals surface area contributed by atoms with Crippen molar-refractivity contribution in [3.63, 3.8) is 0 Å². The first-order valence-corrected chi connectivity index (χ1v) is 9.43. The number of rotatable bonds is 7. The van der Waals surface area contributed by atoms with Crippen LogP contribution in [0.1, 0.15) is 25.3 Å². The number of alkyl halides is 3. The second kappa shape index (κ2) is 8.03. The van der Waals surface area contributed by atoms with Gasteiger partial charge in [-0.05, 0) is 17.7 Å². The van der Waals surface area contributed by atoms with E-state index in [2.05, 4.69) is 0 Å². The van der Waals surface area contributed by atoms with Crippen molar-refractivity contribution in [1.29, 1.82) is 0 Å². The predicted molar refractivity (Wildman–Crippen MR) is 86.1 cm³/mol. The highest BCUT2D eigenvalue weighted by atomic mass is 31.2. The minimum atomic E-state index is -5.01. The molecule has 1 aromatic carbocycles. The SMILES string of the molecule is CCP(=O)(CC)C(OC)c1cc(NC(=O)C(F)(F)F)cc(OC)c1. The fourth-order valence-corrected chi connectivity index (χ4v) is 4.50. The van der Waals surface area contributed by atoms with Crippen LogP contribution < -0.4 is 10.1 Å². The second-order valence-electron chi connectivity index (χ2n) is 5.12. The molecule has 9 heteroatoms. The van der Waals surface area contributed by atoms with E-state index in [-0.39, 0.29) is 11.4 Å². The maximum atomic E-state index is 12.9. The van der Waals surface area contributed by atoms with E-state index < -0.39 is 25.1 Å². The predicted octanol–water partition coefficient (Wildman–Crippen LogP) is 4.24. The van der Waals surface area contributed by atoms with E-state index in [1.165, 1.54) is 32.4 Å². The molecular formula is C15H21F3NO4P. The monoisotopic (exact) mass is 367 g/mol. The summed E-state index contributed by atoms with van der Waals surface area (Å²) in [5, 5.41) is 1.77. The van der Waals surface area contributed by atoms with E-state index in [0.717, 1.165) is 0 Å². The number of benzene rings is 1. The molecule has 5 nitrogen and oxygen atoms in total. The van der Waals surface area contributed by atoms with E-state index in [9.17, 15) is 22.5 Å². The highest BCUT2D eigenvalue weighted by Crippen LogP contribution is 2.59. The average molecular weight is 367 g/mol. The fraction of sp³-hybridized carbons (Fsp3) is 0.533. The molecule has 0 saturated heterocycles. The number of methoxy groups -OCH3 is 2. The van der Waals surface area contributed by atoms with Crippen LogP contribution in [-0.4, -0.2) is 38.6 Å². The van der Waals surface area contributed by atoms with Crippen molar-refractivity contribution >= 4 is 18.7 Å². The second-order valence-corrected chi connectivity index (χ2v) is 8.76. The standard InChI is InChI=1S/C15H21F3NO4P/c1-5-24(21,6-2)13(23-4)10-7-11(9-12(8-10)22-3)19-14(20)15(16,17)18/h7-9,13H,5-6H2,1-4H3,(H,19,20). The molecule has 1 aromatic rings. The third-order valence-corrected chi connectivity index (χ3v) is 7.19. The summed E-state index contributed by atoms with van der Waals surface area (Å²) in [7, 11) is -0.0150. The molecule has 1 rings (SSSR count). The van der Waals surface area contributed by atoms with Gasteiger partial charge < -0.3 is 19.4 Å². The van der Waals surface area contributed by atoms with Crippen LogP contribution in [0, 0.1) is 0 Å². The molecule has 1 N–H and O–H groups in total. The van der Waals surface area contributed by atoms with Crippen molar-refractivity contribution in [2.75, 3.05) is 31.9 Å². The summed E-state index contributed by atoms with van der Waals surface area (Å²) < 4.78 is 60.6. The van der Waals surface area contributed by atoms with Crippen LogP contribution in [0.25, 0.3) is 0 Å². The van der Waals surface area contributed by atoms with E-state index in [1.807, 2.05) is 0 Å². The van der Waals surface area contributed by atoms with E-state index in [0.29, 0.717) is 17.9 Å². The fourth-order valence-electron chi connectivity index (χ4n) is 2.31. The molecule has 0 bridgehead atoms. The lowest BCUT2D eigenvalue weighted by Gasteiger charge is -2.26. The molecular weight excluding hydrogens is 346 g/mol. The molecule has 0 fully saturated rings. The first-order valence-electron chi connectivity index (χ1n) is 7.29. The van der Waals surface area contributed by atoms with Gasteiger partial charge in [-0.15, -0.1) is 0 Å². The topological polar surface area (TPSA) is 64.6 Å². The summed E-state index contributed by atoms with van der Waals surface area (Å²) in [6.45, 7) is 3.53. The number of hydrogen-bond acceptors (Lipinski definition) is 4. The molecule has 0 radical (unpaired) electrons. The van der Waals surface area contributed by atoms with Crippen molar-refractivity contribution in [3.8, 4) is 5.75 Å². The van der Waals surface area contributed by atoms with Crippen LogP contribution in [0.4, 0.5) is 18.9 Å². The molecule has 0 saturated carbocycles. The lowest BCUT2D eigenvalue weighted by atomic mass is 10.2. The van der Waals surface area contributed by atoms with E-state index >= 15 is 0 Å². The van der Waals surface area contributed by atoms with Gasteiger partial charge in [0.05, 0.1) is 7.11 Å². The van der Waals surface area contributed by atoms with Gasteiger partial charge in [-0.2, -0.15) is 13.2 Å². The normalized spacial score (nSPS) is 13.5. The largest absolute Gasteiger partial charge is 0.497 e. The van der Waals surface area contributed by atoms with Crippen LogP contribution >= 0.6 is 7.14 Å². The molecule has 24 heavy (non-hydrogen) atoms. The van der Waals surface area contributed by atoms with Crippen LogP contribution in [0.5, 0.6) is 5.75 Å². The number of ether oxygens (including phenoxy) is 2. The molecule has 0 aliphatic rings. The molecule has 1 atom stereocenters. The number of nitrogens with one attached hydrogen (secondary N) is 1. The number of amides is 1. The van der Waals surface area contributed by atoms with Crippen LogP contribution in [0.15, 0.2) is 18.2 Å². The summed E-state index contributed by atoms with van der Waals surface area (Å²) in [6, 6.07) is 4.11. The van der Waals surface area contributed by atoms with Gasteiger partial charge in [-0.25, -0.2) is 0 Å². The summed E-state index contributed by atoms with van der Waals surface area (Å²) in [5.74, 6) is -2.65. The maximum Gasteiger partial charge on any atom is 0.471 e. The van der Waals surface area contributed by atoms with Gasteiger partial charge in [0.2, 0.25) is 0 Å². The zero-order valence-corrected chi connectivity index (χ0v) is 14.8. The first kappa shape index (κ1) is 20.5. The number of hydrogen-bond donors (Lipinski definition) is 1. The van der Waals surface area contributed by atoms with Gasteiger partial charge in [0.15, 0.2) is 0 Å². The van der Waals surface area contributed by atoms with Crippen LogP contribution in [0.3, 0.4) is 0 Å². The summed E-state index contributed by atoms with van der Waals surface area (Å²) in [4.78, 5) is 11.1. The summed E-state index contributed by atoms with van der Waals surface area (Å²) >= 11 is 0. The van der Waals surface area contributed by atoms with Crippen LogP contribution in [0.2, 0.25) is 0 Å². The molecule has 0 spiro atoms. The Morgan fingerprint density at radius 3 is 2.21 bits per heavy atom. The molecule has 1 unspecified atom stereocenters. The van der Waals surface area contributed by atoms with Gasteiger partial charge in [0.1, 0.15) is 18.7 Å². The Balaban J connectivity index is 3.31. The molecule has 136 valence electrons. The third kappa shape index (κ3) is 4.74. The molecule has 0 aliphatic carbocycles. The van der Waals surface area contributed by atoms with Gasteiger partial charge >= 0.3 is 12.1 Å². The van der Waals surface area contributed by atoms with Gasteiger partial charge in [-0.1, -0.05) is 13.8 Å². The first-order chi connectivity index (χ1) is 11.1. The summed E-state index contributed by atoms with van der Waals surface area (Å²) in [5.41, 5.74) is 0.286. The number of anilines is 1. The minimum Gasteiger partial charge on any atom is -0.497 e. The Morgan fingerprint density at radius 1 is 1.21 bits per heavy atom. The van der Waals surface area contributed by atoms with E-state index in [4.69, 9.17) is 9.47 Å². The molecule has 0 aliphatic heterocycles. The Morgan fingerprint density at radius 2 is 1.79 bits per heavy atom. The van der Waals surface area contributed by atoms with Crippen molar-refractivity contribution in [1.82, 2.24) is 0 Å². The van der Waals surface area contributed by atoms with Crippen molar-refractivity contribution < 1.29 is 32.0 Å². The molecule has 0 heterocycles. The zero-order valence-electron chi connectivity index (χ0n) is 13.9. The Hall–Kier alpha value is -1.53. The Kier molecular flexibility index (Phi) is 6.86. The average Bonchev–Trinajstić information content (AvgIpc) is 2.54. The number of carbonyl (C=O) groups excluding carboxylic acids is 1. The summed E-state index contributed by atoms with van der Waals surface area (Å²) in [6.07, 6.45) is -4.25. The van der Waals surface area contributed by atoms with Gasteiger partial charge in [0, 0.05) is 31.2 Å². The highest BCUT2D eigenvalue weighted by Gasteiger charge is 2.39.